The van der Waals surface area contributed by atoms with Crippen LogP contribution in [0.1, 0.15) is 49.6 Å². The molecule has 0 amide bonds. The first-order valence-corrected chi connectivity index (χ1v) is 6.84. The second-order valence-electron chi connectivity index (χ2n) is 4.40. The summed E-state index contributed by atoms with van der Waals surface area (Å²) < 4.78 is 0. The summed E-state index contributed by atoms with van der Waals surface area (Å²) in [6.45, 7) is 14.7. The Hall–Kier alpha value is -0.188. The Bertz CT molecular complexity index is 334. The van der Waals surface area contributed by atoms with Crippen molar-refractivity contribution in [1.29, 1.82) is 0 Å². The summed E-state index contributed by atoms with van der Waals surface area (Å²) in [4.78, 5) is 4.64. The van der Waals surface area contributed by atoms with E-state index in [1.54, 1.807) is 0 Å². The number of aromatic nitrogens is 1. The van der Waals surface area contributed by atoms with Crippen LogP contribution in [0.2, 0.25) is 0 Å². The molecule has 0 spiro atoms. The Kier molecular flexibility index (Phi) is 15.8. The average molecular weight is 483 g/mol. The van der Waals surface area contributed by atoms with Crippen molar-refractivity contribution < 1.29 is 31.1 Å². The summed E-state index contributed by atoms with van der Waals surface area (Å²) in [5, 5.41) is 0. The quantitative estimate of drug-likeness (QED) is 0.525. The first-order valence-electron chi connectivity index (χ1n) is 6.84. The van der Waals surface area contributed by atoms with Crippen molar-refractivity contribution >= 4 is 0 Å². The molecular formula is C17H27NU. The molecule has 0 fully saturated rings. The summed E-state index contributed by atoms with van der Waals surface area (Å²) in [7, 11) is 0. The first-order chi connectivity index (χ1) is 8.69. The fourth-order valence-electron chi connectivity index (χ4n) is 1.72. The zero-order valence-electron chi connectivity index (χ0n) is 12.5. The molecule has 0 atom stereocenters. The standard InChI is InChI=1S/C14H22N.C3H5.U/c1-4-6-8-13-10-11-14(9-7-5-2)15-12(13)3;1-3-2;/h10-11H,2,4-9H2,1,3H3;3H,1-2H2;/q2*-1;+2. The van der Waals surface area contributed by atoms with Gasteiger partial charge < -0.3 is 6.92 Å². The molecule has 1 rings (SSSR count). The van der Waals surface area contributed by atoms with Crippen molar-refractivity contribution in [2.75, 3.05) is 0 Å². The number of pyridine rings is 1. The van der Waals surface area contributed by atoms with Gasteiger partial charge >= 0.3 is 31.1 Å². The summed E-state index contributed by atoms with van der Waals surface area (Å²) >= 11 is 0. The third-order valence-corrected chi connectivity index (χ3v) is 2.74. The van der Waals surface area contributed by atoms with Crippen LogP contribution < -0.4 is 0 Å². The maximum absolute atomic E-state index is 4.64. The minimum Gasteiger partial charge on any atom is -0.343 e. The molecule has 1 nitrogen and oxygen atoms in total. The van der Waals surface area contributed by atoms with Crippen molar-refractivity contribution in [2.24, 2.45) is 0 Å². The summed E-state index contributed by atoms with van der Waals surface area (Å²) in [5.41, 5.74) is 3.84. The van der Waals surface area contributed by atoms with Crippen LogP contribution in [0.15, 0.2) is 24.8 Å². The molecule has 0 aliphatic carbocycles. The van der Waals surface area contributed by atoms with E-state index in [9.17, 15) is 0 Å². The molecule has 0 bridgehead atoms. The molecule has 1 aromatic heterocycles. The fraction of sp³-hybridized carbons (Fsp3) is 0.471. The van der Waals surface area contributed by atoms with Gasteiger partial charge in [0, 0.05) is 11.4 Å². The molecule has 0 saturated heterocycles. The molecule has 2 heteroatoms. The van der Waals surface area contributed by atoms with E-state index < -0.39 is 0 Å². The molecule has 1 heterocycles. The van der Waals surface area contributed by atoms with Crippen LogP contribution in [0.3, 0.4) is 0 Å². The maximum atomic E-state index is 4.64. The van der Waals surface area contributed by atoms with Crippen LogP contribution in [-0.4, -0.2) is 4.98 Å². The van der Waals surface area contributed by atoms with Crippen LogP contribution in [-0.2, 0) is 12.8 Å². The predicted octanol–water partition coefficient (Wildman–Crippen LogP) is 4.90. The molecule has 0 aliphatic rings. The summed E-state index contributed by atoms with van der Waals surface area (Å²) in [5.74, 6) is 0. The molecule has 1 aromatic rings. The Labute approximate surface area is 143 Å². The third kappa shape index (κ3) is 10.3. The molecule has 0 N–H and O–H groups in total. The Morgan fingerprint density at radius 2 is 1.89 bits per heavy atom. The Morgan fingerprint density at radius 3 is 2.37 bits per heavy atom. The van der Waals surface area contributed by atoms with E-state index in [1.807, 2.05) is 0 Å². The monoisotopic (exact) mass is 483 g/mol. The Morgan fingerprint density at radius 1 is 1.26 bits per heavy atom. The van der Waals surface area contributed by atoms with Gasteiger partial charge in [0.15, 0.2) is 0 Å². The van der Waals surface area contributed by atoms with Gasteiger partial charge in [0.1, 0.15) is 0 Å². The van der Waals surface area contributed by atoms with Crippen molar-refractivity contribution in [2.45, 2.75) is 52.4 Å². The molecule has 19 heavy (non-hydrogen) atoms. The molecule has 104 valence electrons. The second kappa shape index (κ2) is 14.2. The molecule has 0 saturated carbocycles. The van der Waals surface area contributed by atoms with Crippen LogP contribution >= 0.6 is 0 Å². The number of hydrogen-bond acceptors (Lipinski definition) is 1. The average Bonchev–Trinajstić information content (AvgIpc) is 2.36. The predicted molar refractivity (Wildman–Crippen MR) is 81.4 cm³/mol. The van der Waals surface area contributed by atoms with Crippen LogP contribution in [0, 0.1) is 51.9 Å². The largest absolute Gasteiger partial charge is 2.00 e. The molecule has 0 radical (unpaired) electrons. The van der Waals surface area contributed by atoms with Gasteiger partial charge in [0.25, 0.3) is 0 Å². The Balaban J connectivity index is 0. The molecule has 0 aromatic carbocycles. The first kappa shape index (κ1) is 21.1. The minimum absolute atomic E-state index is 0. The van der Waals surface area contributed by atoms with Crippen molar-refractivity contribution in [3.05, 3.63) is 55.6 Å². The number of nitrogens with zero attached hydrogens (tertiary/aromatic N) is 1. The summed E-state index contributed by atoms with van der Waals surface area (Å²) in [6, 6.07) is 4.42. The van der Waals surface area contributed by atoms with Gasteiger partial charge in [-0.2, -0.15) is 6.42 Å². The molecular weight excluding hydrogens is 456 g/mol. The second-order valence-corrected chi connectivity index (χ2v) is 4.40. The van der Waals surface area contributed by atoms with Crippen LogP contribution in [0.25, 0.3) is 0 Å². The normalized spacial score (nSPS) is 9.00. The SMILES string of the molecule is C=C[CH2-].[CH2-]CCCc1ccc(CCCC)c(C)n1.[U+2]. The van der Waals surface area contributed by atoms with Crippen LogP contribution in [0.5, 0.6) is 0 Å². The van der Waals surface area contributed by atoms with Crippen molar-refractivity contribution in [3.8, 4) is 0 Å². The van der Waals surface area contributed by atoms with E-state index in [0.29, 0.717) is 0 Å². The number of allylic oxidation sites excluding steroid dienone is 1. The summed E-state index contributed by atoms with van der Waals surface area (Å²) in [6.07, 6.45) is 8.39. The number of hydrogen-bond donors (Lipinski definition) is 0. The van der Waals surface area contributed by atoms with Gasteiger partial charge in [-0.3, -0.25) is 4.98 Å². The number of aryl methyl sites for hydroxylation is 3. The van der Waals surface area contributed by atoms with E-state index in [2.05, 4.69) is 51.4 Å². The van der Waals surface area contributed by atoms with E-state index in [1.165, 1.54) is 42.3 Å². The third-order valence-electron chi connectivity index (χ3n) is 2.74. The van der Waals surface area contributed by atoms with E-state index in [0.717, 1.165) is 19.3 Å². The topological polar surface area (TPSA) is 12.9 Å². The fourth-order valence-corrected chi connectivity index (χ4v) is 1.72. The van der Waals surface area contributed by atoms with E-state index in [-0.39, 0.29) is 31.1 Å². The number of rotatable bonds is 6. The maximum Gasteiger partial charge on any atom is 2.00 e. The van der Waals surface area contributed by atoms with E-state index in [4.69, 9.17) is 0 Å². The van der Waals surface area contributed by atoms with Crippen molar-refractivity contribution in [1.82, 2.24) is 4.98 Å². The zero-order chi connectivity index (χ0) is 13.8. The smallest absolute Gasteiger partial charge is 0.343 e. The van der Waals surface area contributed by atoms with E-state index >= 15 is 0 Å². The van der Waals surface area contributed by atoms with Gasteiger partial charge in [-0.1, -0.05) is 25.8 Å². The number of unbranched alkanes of at least 4 members (excludes halogenated alkanes) is 2. The van der Waals surface area contributed by atoms with Crippen LogP contribution in [0.4, 0.5) is 0 Å². The van der Waals surface area contributed by atoms with Gasteiger partial charge in [-0.25, -0.2) is 19.6 Å². The zero-order valence-corrected chi connectivity index (χ0v) is 16.7. The van der Waals surface area contributed by atoms with Gasteiger partial charge in [-0.15, -0.1) is 0 Å². The van der Waals surface area contributed by atoms with Crippen molar-refractivity contribution in [3.63, 3.8) is 0 Å². The van der Waals surface area contributed by atoms with Gasteiger partial charge in [0.05, 0.1) is 0 Å². The molecule has 0 aliphatic heterocycles. The molecule has 0 unspecified atom stereocenters. The van der Waals surface area contributed by atoms with Gasteiger partial charge in [-0.05, 0) is 37.8 Å². The van der Waals surface area contributed by atoms with Gasteiger partial charge in [0.2, 0.25) is 0 Å². The minimum atomic E-state index is 0.